The Kier molecular flexibility index (Phi) is 3.73. The van der Waals surface area contributed by atoms with Crippen molar-refractivity contribution in [2.45, 2.75) is 0 Å². The van der Waals surface area contributed by atoms with Gasteiger partial charge in [0, 0.05) is 49.0 Å². The molecular weight excluding hydrogens is 613 g/mol. The van der Waals surface area contributed by atoms with E-state index in [1.54, 1.807) is 24.3 Å². The summed E-state index contributed by atoms with van der Waals surface area (Å²) in [5.74, 6) is 1.17. The highest BCUT2D eigenvalue weighted by atomic mass is 16.3. The molecule has 0 radical (unpaired) electrons. The molecule has 0 saturated heterocycles. The highest BCUT2D eigenvalue weighted by molar-refractivity contribution is 6.26. The van der Waals surface area contributed by atoms with Gasteiger partial charge in [0.05, 0.1) is 33.0 Å². The van der Waals surface area contributed by atoms with Gasteiger partial charge in [0.15, 0.2) is 17.5 Å². The molecule has 0 spiro atoms. The SMILES string of the molecule is [2H]c1c([2H])c(-c2cccc(-c3nc(-c4ccccc4)nc(-c4ccccc4)n3)c2)c2c(oc3c([2H])c4c5c([2H])c([2H])c([2H])c6c7c([2H])c([2H])c([2H])c([2H])c7n(c4c([2H])c32)c65)c1[2H]. The van der Waals surface area contributed by atoms with Crippen LogP contribution in [0.25, 0.3) is 105 Å². The number of para-hydroxylation sites is 2. The monoisotopic (exact) mass is 650 g/mol. The van der Waals surface area contributed by atoms with Gasteiger partial charge in [0.1, 0.15) is 11.2 Å². The number of fused-ring (bicyclic) bond motifs is 9. The molecule has 0 aliphatic carbocycles. The van der Waals surface area contributed by atoms with E-state index in [1.165, 1.54) is 4.40 Å². The van der Waals surface area contributed by atoms with Crippen molar-refractivity contribution in [3.8, 4) is 45.3 Å². The van der Waals surface area contributed by atoms with Crippen molar-refractivity contribution in [1.29, 1.82) is 0 Å². The zero-order chi connectivity index (χ0) is 43.2. The summed E-state index contributed by atoms with van der Waals surface area (Å²) in [7, 11) is 0. The van der Waals surface area contributed by atoms with Crippen molar-refractivity contribution in [2.24, 2.45) is 0 Å². The van der Waals surface area contributed by atoms with Gasteiger partial charge in [-0.15, -0.1) is 0 Å². The highest BCUT2D eigenvalue weighted by Crippen LogP contribution is 2.44. The fourth-order valence-electron chi connectivity index (χ4n) is 6.82. The van der Waals surface area contributed by atoms with Gasteiger partial charge in [-0.3, -0.25) is 0 Å². The summed E-state index contributed by atoms with van der Waals surface area (Å²) in [5, 5.41) is 0.00238. The summed E-state index contributed by atoms with van der Waals surface area (Å²) in [6.45, 7) is 0. The fraction of sp³-hybridized carbons (Fsp3) is 0. The molecule has 4 heterocycles. The lowest BCUT2D eigenvalue weighted by atomic mass is 9.97. The topological polar surface area (TPSA) is 56.2 Å². The number of nitrogens with zero attached hydrogens (tertiary/aromatic N) is 4. The lowest BCUT2D eigenvalue weighted by molar-refractivity contribution is 0.669. The Hall–Kier alpha value is -6.85. The number of hydrogen-bond donors (Lipinski definition) is 0. The summed E-state index contributed by atoms with van der Waals surface area (Å²) in [6, 6.07) is 20.5. The molecule has 0 bridgehead atoms. The summed E-state index contributed by atoms with van der Waals surface area (Å²) in [5.41, 5.74) is 2.19. The second-order valence-corrected chi connectivity index (χ2v) is 11.9. The lowest BCUT2D eigenvalue weighted by Crippen LogP contribution is -2.00. The zero-order valence-corrected chi connectivity index (χ0v) is 25.8. The van der Waals surface area contributed by atoms with E-state index in [0.717, 1.165) is 11.1 Å². The molecule has 0 aliphatic rings. The zero-order valence-electron chi connectivity index (χ0n) is 37.8. The first-order valence-corrected chi connectivity index (χ1v) is 15.8. The largest absolute Gasteiger partial charge is 0.456 e. The van der Waals surface area contributed by atoms with Gasteiger partial charge in [-0.25, -0.2) is 15.0 Å². The number of hydrogen-bond acceptors (Lipinski definition) is 4. The van der Waals surface area contributed by atoms with Crippen LogP contribution in [0.1, 0.15) is 16.4 Å². The standard InChI is InChI=1S/C45H26N4O/c1-3-12-27(13-4-1)43-46-44(28-14-5-2-6-15-28)48-45(47-43)30-17-9-16-29(24-30)31-19-11-23-39-41(31)36-25-38-35(26-40(36)50-39)34-21-10-20-33-32-18-7-8-22-37(32)49(38)42(33)34/h1-26H/i7D,8D,10D,11D,18D,19D,20D,21D,22D,23D,25D,26D. The van der Waals surface area contributed by atoms with Crippen LogP contribution in [0.5, 0.6) is 0 Å². The Morgan fingerprint density at radius 1 is 0.480 bits per heavy atom. The molecule has 0 fully saturated rings. The van der Waals surface area contributed by atoms with Crippen molar-refractivity contribution in [1.82, 2.24) is 19.4 Å². The van der Waals surface area contributed by atoms with Crippen molar-refractivity contribution in [3.63, 3.8) is 0 Å². The molecule has 5 nitrogen and oxygen atoms in total. The maximum atomic E-state index is 9.90. The molecule has 0 unspecified atom stereocenters. The van der Waals surface area contributed by atoms with E-state index in [9.17, 15) is 4.11 Å². The second-order valence-electron chi connectivity index (χ2n) is 11.9. The molecule has 11 rings (SSSR count). The van der Waals surface area contributed by atoms with Crippen LogP contribution in [-0.2, 0) is 0 Å². The van der Waals surface area contributed by atoms with Gasteiger partial charge in [-0.05, 0) is 41.4 Å². The van der Waals surface area contributed by atoms with Crippen LogP contribution in [0.4, 0.5) is 0 Å². The average Bonchev–Trinajstić information content (AvgIpc) is 3.98. The Bertz CT molecular complexity index is 3720. The molecule has 7 aromatic carbocycles. The van der Waals surface area contributed by atoms with E-state index < -0.39 is 54.4 Å². The third-order valence-electron chi connectivity index (χ3n) is 9.04. The number of rotatable bonds is 4. The first kappa shape index (κ1) is 18.1. The molecule has 0 aliphatic heterocycles. The minimum atomic E-state index is -0.569. The molecular formula is C45H26N4O. The first-order valence-electron chi connectivity index (χ1n) is 21.8. The van der Waals surface area contributed by atoms with Crippen molar-refractivity contribution in [3.05, 3.63) is 157 Å². The normalized spacial score (nSPS) is 15.4. The van der Waals surface area contributed by atoms with Crippen molar-refractivity contribution < 1.29 is 20.9 Å². The molecule has 5 heteroatoms. The van der Waals surface area contributed by atoms with Crippen LogP contribution < -0.4 is 0 Å². The quantitative estimate of drug-likeness (QED) is 0.190. The second kappa shape index (κ2) is 10.3. The number of benzene rings is 7. The van der Waals surface area contributed by atoms with E-state index >= 15 is 0 Å². The van der Waals surface area contributed by atoms with E-state index in [4.69, 9.17) is 31.7 Å². The van der Waals surface area contributed by atoms with Gasteiger partial charge in [-0.2, -0.15) is 0 Å². The van der Waals surface area contributed by atoms with Crippen LogP contribution >= 0.6 is 0 Å². The van der Waals surface area contributed by atoms with E-state index in [-0.39, 0.29) is 83.7 Å². The first-order chi connectivity index (χ1) is 29.8. The lowest BCUT2D eigenvalue weighted by Gasteiger charge is -2.10. The predicted octanol–water partition coefficient (Wildman–Crippen LogP) is 11.6. The highest BCUT2D eigenvalue weighted by Gasteiger charge is 2.21. The van der Waals surface area contributed by atoms with E-state index in [2.05, 4.69) is 0 Å². The van der Waals surface area contributed by atoms with Crippen LogP contribution in [0.15, 0.2) is 162 Å². The smallest absolute Gasteiger partial charge is 0.164 e. The van der Waals surface area contributed by atoms with Gasteiger partial charge in [-0.1, -0.05) is 127 Å². The minimum Gasteiger partial charge on any atom is -0.456 e. The number of aromatic nitrogens is 4. The summed E-state index contributed by atoms with van der Waals surface area (Å²) in [4.78, 5) is 14.5. The third kappa shape index (κ3) is 3.92. The van der Waals surface area contributed by atoms with Gasteiger partial charge in [0.25, 0.3) is 0 Å². The molecule has 0 amide bonds. The molecule has 11 aromatic rings. The maximum absolute atomic E-state index is 9.90. The van der Waals surface area contributed by atoms with Crippen LogP contribution in [0.2, 0.25) is 0 Å². The molecule has 0 saturated carbocycles. The summed E-state index contributed by atoms with van der Waals surface area (Å²) in [6.07, 6.45) is 0. The molecule has 4 aromatic heterocycles. The molecule has 232 valence electrons. The molecule has 0 atom stereocenters. The van der Waals surface area contributed by atoms with Crippen molar-refractivity contribution >= 4 is 60.0 Å². The molecule has 0 N–H and O–H groups in total. The van der Waals surface area contributed by atoms with Gasteiger partial charge in [0.2, 0.25) is 0 Å². The average molecular weight is 651 g/mol. The fourth-order valence-corrected chi connectivity index (χ4v) is 6.82. The Morgan fingerprint density at radius 2 is 1.10 bits per heavy atom. The van der Waals surface area contributed by atoms with Crippen LogP contribution in [0, 0.1) is 0 Å². The molecule has 50 heavy (non-hydrogen) atoms. The van der Waals surface area contributed by atoms with Gasteiger partial charge >= 0.3 is 0 Å². The van der Waals surface area contributed by atoms with Crippen LogP contribution in [0.3, 0.4) is 0 Å². The Balaban J connectivity index is 1.25. The van der Waals surface area contributed by atoms with E-state index in [0.29, 0.717) is 28.6 Å². The summed E-state index contributed by atoms with van der Waals surface area (Å²) < 4.78 is 116. The maximum Gasteiger partial charge on any atom is 0.164 e. The predicted molar refractivity (Wildman–Crippen MR) is 204 cm³/mol. The third-order valence-corrected chi connectivity index (χ3v) is 9.04. The Morgan fingerprint density at radius 3 is 1.86 bits per heavy atom. The van der Waals surface area contributed by atoms with Crippen molar-refractivity contribution in [2.75, 3.05) is 0 Å². The minimum absolute atomic E-state index is 0.00333. The number of furan rings is 1. The Labute approximate surface area is 302 Å². The summed E-state index contributed by atoms with van der Waals surface area (Å²) >= 11 is 0. The van der Waals surface area contributed by atoms with E-state index in [1.807, 2.05) is 60.7 Å². The van der Waals surface area contributed by atoms with Crippen LogP contribution in [-0.4, -0.2) is 19.4 Å². The van der Waals surface area contributed by atoms with Gasteiger partial charge < -0.3 is 8.82 Å².